The summed E-state index contributed by atoms with van der Waals surface area (Å²) < 4.78 is 25.4. The second-order valence-corrected chi connectivity index (χ2v) is 3.97. The molecule has 4 nitrogen and oxygen atoms in total. The van der Waals surface area contributed by atoms with E-state index in [0.29, 0.717) is 0 Å². The fourth-order valence-corrected chi connectivity index (χ4v) is 1.91. The summed E-state index contributed by atoms with van der Waals surface area (Å²) in [4.78, 5) is 0. The molecule has 0 fully saturated rings. The lowest BCUT2D eigenvalue weighted by atomic mass is 10.4. The molecular formula is C5H10N2O2S. The van der Waals surface area contributed by atoms with Gasteiger partial charge in [0.1, 0.15) is 0 Å². The summed E-state index contributed by atoms with van der Waals surface area (Å²) >= 11 is 0. The van der Waals surface area contributed by atoms with Gasteiger partial charge in [0.15, 0.2) is 0 Å². The van der Waals surface area contributed by atoms with Gasteiger partial charge in [0, 0.05) is 18.4 Å². The van der Waals surface area contributed by atoms with Crippen molar-refractivity contribution in [2.75, 3.05) is 0 Å². The van der Waals surface area contributed by atoms with E-state index in [-0.39, 0.29) is 6.04 Å². The standard InChI is InChI=1S/C5H10N2O2S/c1-5(2)7-4-3-6-10(7,8)9/h3-6H,1-2H3. The Kier molecular flexibility index (Phi) is 1.60. The molecule has 1 rings (SSSR count). The Labute approximate surface area is 60.7 Å². The molecule has 1 aliphatic rings. The normalized spacial score (nSPS) is 21.7. The molecule has 0 aromatic carbocycles. The largest absolute Gasteiger partial charge is 0.323 e. The molecule has 5 heteroatoms. The van der Waals surface area contributed by atoms with Crippen LogP contribution < -0.4 is 4.72 Å². The zero-order valence-electron chi connectivity index (χ0n) is 5.90. The maximum absolute atomic E-state index is 11.0. The van der Waals surface area contributed by atoms with E-state index >= 15 is 0 Å². The van der Waals surface area contributed by atoms with E-state index in [4.69, 9.17) is 0 Å². The summed E-state index contributed by atoms with van der Waals surface area (Å²) in [5.74, 6) is 0. The minimum Gasteiger partial charge on any atom is -0.272 e. The molecular weight excluding hydrogens is 152 g/mol. The number of hydrogen-bond donors (Lipinski definition) is 1. The van der Waals surface area contributed by atoms with E-state index in [9.17, 15) is 8.42 Å². The molecule has 1 heterocycles. The van der Waals surface area contributed by atoms with Crippen LogP contribution in [-0.4, -0.2) is 18.8 Å². The summed E-state index contributed by atoms with van der Waals surface area (Å²) in [6.45, 7) is 3.63. The summed E-state index contributed by atoms with van der Waals surface area (Å²) in [6.07, 6.45) is 2.93. The molecule has 0 bridgehead atoms. The van der Waals surface area contributed by atoms with E-state index in [1.54, 1.807) is 0 Å². The van der Waals surface area contributed by atoms with Gasteiger partial charge in [0.05, 0.1) is 0 Å². The molecule has 0 atom stereocenters. The maximum Gasteiger partial charge on any atom is 0.323 e. The zero-order valence-corrected chi connectivity index (χ0v) is 6.72. The first-order chi connectivity index (χ1) is 4.54. The van der Waals surface area contributed by atoms with Crippen molar-refractivity contribution in [1.82, 2.24) is 9.03 Å². The van der Waals surface area contributed by atoms with Gasteiger partial charge in [0.2, 0.25) is 0 Å². The van der Waals surface area contributed by atoms with Crippen LogP contribution in [0.5, 0.6) is 0 Å². The summed E-state index contributed by atoms with van der Waals surface area (Å²) in [6, 6.07) is -0.0174. The average Bonchev–Trinajstić information content (AvgIpc) is 2.08. The smallest absolute Gasteiger partial charge is 0.272 e. The Balaban J connectivity index is 2.88. The summed E-state index contributed by atoms with van der Waals surface area (Å²) in [5, 5.41) is 0. The third kappa shape index (κ3) is 1.09. The van der Waals surface area contributed by atoms with Crippen molar-refractivity contribution in [2.45, 2.75) is 19.9 Å². The Morgan fingerprint density at radius 2 is 2.10 bits per heavy atom. The number of hydrogen-bond acceptors (Lipinski definition) is 2. The average molecular weight is 162 g/mol. The van der Waals surface area contributed by atoms with Crippen molar-refractivity contribution in [3.8, 4) is 0 Å². The van der Waals surface area contributed by atoms with Crippen molar-refractivity contribution in [3.63, 3.8) is 0 Å². The molecule has 0 saturated carbocycles. The van der Waals surface area contributed by atoms with Crippen LogP contribution in [-0.2, 0) is 10.2 Å². The van der Waals surface area contributed by atoms with Crippen molar-refractivity contribution >= 4 is 10.2 Å². The van der Waals surface area contributed by atoms with E-state index in [1.807, 2.05) is 13.8 Å². The van der Waals surface area contributed by atoms with Crippen molar-refractivity contribution in [3.05, 3.63) is 12.4 Å². The molecule has 0 saturated heterocycles. The molecule has 0 spiro atoms. The third-order valence-corrected chi connectivity index (χ3v) is 2.76. The van der Waals surface area contributed by atoms with Crippen LogP contribution in [0.1, 0.15) is 13.8 Å². The lowest BCUT2D eigenvalue weighted by Gasteiger charge is -2.17. The minimum absolute atomic E-state index is 0.0174. The van der Waals surface area contributed by atoms with Gasteiger partial charge in [-0.3, -0.25) is 9.03 Å². The van der Waals surface area contributed by atoms with Crippen LogP contribution in [0.2, 0.25) is 0 Å². The highest BCUT2D eigenvalue weighted by Crippen LogP contribution is 2.09. The second kappa shape index (κ2) is 2.16. The molecule has 0 aromatic heterocycles. The van der Waals surface area contributed by atoms with Gasteiger partial charge >= 0.3 is 10.2 Å². The fraction of sp³-hybridized carbons (Fsp3) is 0.600. The number of nitrogens with one attached hydrogen (secondary N) is 1. The van der Waals surface area contributed by atoms with Crippen molar-refractivity contribution < 1.29 is 8.42 Å². The monoisotopic (exact) mass is 162 g/mol. The SMILES string of the molecule is CC(C)N1C=CNS1(=O)=O. The Hall–Kier alpha value is -0.710. The predicted molar refractivity (Wildman–Crippen MR) is 38.2 cm³/mol. The molecule has 0 aliphatic carbocycles. The molecule has 58 valence electrons. The molecule has 0 amide bonds. The Bertz CT molecular complexity index is 242. The van der Waals surface area contributed by atoms with E-state index in [2.05, 4.69) is 4.72 Å². The molecule has 0 aromatic rings. The van der Waals surface area contributed by atoms with Gasteiger partial charge in [-0.2, -0.15) is 8.42 Å². The van der Waals surface area contributed by atoms with Gasteiger partial charge < -0.3 is 0 Å². The highest BCUT2D eigenvalue weighted by atomic mass is 32.2. The van der Waals surface area contributed by atoms with Crippen LogP contribution in [0, 0.1) is 0 Å². The highest BCUT2D eigenvalue weighted by Gasteiger charge is 2.23. The summed E-state index contributed by atoms with van der Waals surface area (Å²) in [7, 11) is -3.21. The third-order valence-electron chi connectivity index (χ3n) is 1.22. The first kappa shape index (κ1) is 7.40. The quantitative estimate of drug-likeness (QED) is 0.590. The maximum atomic E-state index is 11.0. The van der Waals surface area contributed by atoms with Gasteiger partial charge in [-0.15, -0.1) is 0 Å². The second-order valence-electron chi connectivity index (χ2n) is 2.36. The first-order valence-corrected chi connectivity index (χ1v) is 4.45. The molecule has 10 heavy (non-hydrogen) atoms. The first-order valence-electron chi connectivity index (χ1n) is 3.01. The fourth-order valence-electron chi connectivity index (χ4n) is 0.781. The van der Waals surface area contributed by atoms with Gasteiger partial charge in [-0.25, -0.2) is 0 Å². The number of nitrogens with zero attached hydrogens (tertiary/aromatic N) is 1. The van der Waals surface area contributed by atoms with Gasteiger partial charge in [0.25, 0.3) is 0 Å². The minimum atomic E-state index is -3.21. The topological polar surface area (TPSA) is 49.4 Å². The van der Waals surface area contributed by atoms with Crippen molar-refractivity contribution in [2.24, 2.45) is 0 Å². The van der Waals surface area contributed by atoms with Gasteiger partial charge in [-0.05, 0) is 13.8 Å². The van der Waals surface area contributed by atoms with Gasteiger partial charge in [-0.1, -0.05) is 0 Å². The highest BCUT2D eigenvalue weighted by molar-refractivity contribution is 7.87. The molecule has 0 unspecified atom stereocenters. The predicted octanol–water partition coefficient (Wildman–Crippen LogP) is 0.0160. The van der Waals surface area contributed by atoms with Crippen LogP contribution in [0.15, 0.2) is 12.4 Å². The van der Waals surface area contributed by atoms with Crippen molar-refractivity contribution in [1.29, 1.82) is 0 Å². The van der Waals surface area contributed by atoms with Crippen LogP contribution in [0.25, 0.3) is 0 Å². The van der Waals surface area contributed by atoms with Crippen LogP contribution >= 0.6 is 0 Å². The summed E-state index contributed by atoms with van der Waals surface area (Å²) in [5.41, 5.74) is 0. The van der Waals surface area contributed by atoms with E-state index in [1.165, 1.54) is 16.7 Å². The van der Waals surface area contributed by atoms with Crippen LogP contribution in [0.4, 0.5) is 0 Å². The Morgan fingerprint density at radius 1 is 1.50 bits per heavy atom. The van der Waals surface area contributed by atoms with E-state index < -0.39 is 10.2 Å². The number of rotatable bonds is 1. The van der Waals surface area contributed by atoms with E-state index in [0.717, 1.165) is 0 Å². The lowest BCUT2D eigenvalue weighted by Crippen LogP contribution is -2.33. The molecule has 1 N–H and O–H groups in total. The van der Waals surface area contributed by atoms with Crippen LogP contribution in [0.3, 0.4) is 0 Å². The lowest BCUT2D eigenvalue weighted by molar-refractivity contribution is 0.449. The zero-order chi connectivity index (χ0) is 7.78. The Morgan fingerprint density at radius 3 is 2.30 bits per heavy atom. The molecule has 0 radical (unpaired) electrons. The molecule has 1 aliphatic heterocycles.